The van der Waals surface area contributed by atoms with Crippen LogP contribution in [0.4, 0.5) is 11.4 Å². The second kappa shape index (κ2) is 10.0. The molecule has 166 valence electrons. The molecule has 3 aromatic carbocycles. The summed E-state index contributed by atoms with van der Waals surface area (Å²) < 4.78 is 11.0. The predicted octanol–water partition coefficient (Wildman–Crippen LogP) is 5.66. The molecule has 0 radical (unpaired) electrons. The number of amides is 1. The van der Waals surface area contributed by atoms with Gasteiger partial charge in [-0.05, 0) is 12.1 Å². The zero-order valence-corrected chi connectivity index (χ0v) is 18.4. The van der Waals surface area contributed by atoms with Crippen LogP contribution in [0.5, 0.6) is 5.75 Å². The van der Waals surface area contributed by atoms with E-state index in [-0.39, 0.29) is 17.1 Å². The lowest BCUT2D eigenvalue weighted by atomic mass is 10.1. The Balaban J connectivity index is 1.53. The fraction of sp³-hybridized carbons (Fsp3) is 0.0833. The maximum absolute atomic E-state index is 12.5. The smallest absolute Gasteiger partial charge is 0.296 e. The van der Waals surface area contributed by atoms with E-state index in [1.165, 1.54) is 19.2 Å². The first-order chi connectivity index (χ1) is 16.0. The number of ether oxygens (including phenoxy) is 1. The van der Waals surface area contributed by atoms with Crippen molar-refractivity contribution in [3.63, 3.8) is 0 Å². The van der Waals surface area contributed by atoms with E-state index in [0.29, 0.717) is 22.4 Å². The Bertz CT molecular complexity index is 1220. The van der Waals surface area contributed by atoms with Crippen LogP contribution in [0.1, 0.15) is 0 Å². The summed E-state index contributed by atoms with van der Waals surface area (Å²) in [6.07, 6.45) is 0. The van der Waals surface area contributed by atoms with E-state index >= 15 is 0 Å². The topological polar surface area (TPSA) is 108 Å². The van der Waals surface area contributed by atoms with Crippen LogP contribution in [0, 0.1) is 10.1 Å². The van der Waals surface area contributed by atoms with Crippen molar-refractivity contribution in [3.05, 3.63) is 89.0 Å². The second-order valence-electron chi connectivity index (χ2n) is 6.87. The van der Waals surface area contributed by atoms with Crippen molar-refractivity contribution in [2.45, 2.75) is 5.22 Å². The first-order valence-corrected chi connectivity index (χ1v) is 10.9. The van der Waals surface area contributed by atoms with Crippen molar-refractivity contribution in [1.29, 1.82) is 0 Å². The van der Waals surface area contributed by atoms with Crippen LogP contribution in [0.3, 0.4) is 0 Å². The van der Waals surface area contributed by atoms with Gasteiger partial charge in [-0.15, -0.1) is 0 Å². The molecule has 0 spiro atoms. The van der Waals surface area contributed by atoms with Gasteiger partial charge in [-0.25, -0.2) is 4.98 Å². The van der Waals surface area contributed by atoms with E-state index in [0.717, 1.165) is 22.9 Å². The first-order valence-electron chi connectivity index (χ1n) is 9.92. The summed E-state index contributed by atoms with van der Waals surface area (Å²) in [5.41, 5.74) is 2.28. The van der Waals surface area contributed by atoms with Gasteiger partial charge in [-0.3, -0.25) is 14.9 Å². The molecule has 0 aliphatic carbocycles. The molecular formula is C24H19N3O5S. The predicted molar refractivity (Wildman–Crippen MR) is 126 cm³/mol. The Morgan fingerprint density at radius 3 is 2.36 bits per heavy atom. The number of anilines is 1. The van der Waals surface area contributed by atoms with Gasteiger partial charge in [0.2, 0.25) is 5.91 Å². The van der Waals surface area contributed by atoms with Crippen molar-refractivity contribution < 1.29 is 18.9 Å². The number of nitrogens with one attached hydrogen (secondary N) is 1. The highest BCUT2D eigenvalue weighted by Crippen LogP contribution is 2.35. The lowest BCUT2D eigenvalue weighted by Crippen LogP contribution is -2.15. The molecule has 8 nitrogen and oxygen atoms in total. The maximum atomic E-state index is 12.5. The van der Waals surface area contributed by atoms with Crippen LogP contribution >= 0.6 is 11.8 Å². The van der Waals surface area contributed by atoms with E-state index in [4.69, 9.17) is 9.15 Å². The molecule has 0 aliphatic heterocycles. The minimum absolute atomic E-state index is 0.0356. The lowest BCUT2D eigenvalue weighted by molar-refractivity contribution is -0.384. The molecule has 4 aromatic rings. The van der Waals surface area contributed by atoms with Crippen LogP contribution < -0.4 is 10.1 Å². The van der Waals surface area contributed by atoms with E-state index in [2.05, 4.69) is 10.3 Å². The van der Waals surface area contributed by atoms with E-state index in [9.17, 15) is 14.9 Å². The highest BCUT2D eigenvalue weighted by molar-refractivity contribution is 7.99. The molecule has 0 saturated heterocycles. The van der Waals surface area contributed by atoms with Gasteiger partial charge in [0, 0.05) is 11.1 Å². The molecule has 1 amide bonds. The molecule has 9 heteroatoms. The molecule has 0 atom stereocenters. The third-order valence-corrected chi connectivity index (χ3v) is 5.52. The summed E-state index contributed by atoms with van der Waals surface area (Å²) >= 11 is 1.11. The molecular weight excluding hydrogens is 442 g/mol. The average Bonchev–Trinajstić information content (AvgIpc) is 3.28. The van der Waals surface area contributed by atoms with Crippen LogP contribution in [0.25, 0.3) is 22.6 Å². The third kappa shape index (κ3) is 5.21. The third-order valence-electron chi connectivity index (χ3n) is 4.69. The zero-order chi connectivity index (χ0) is 23.2. The van der Waals surface area contributed by atoms with Gasteiger partial charge < -0.3 is 14.5 Å². The second-order valence-corrected chi connectivity index (χ2v) is 7.79. The summed E-state index contributed by atoms with van der Waals surface area (Å²) in [6.45, 7) is 0. The number of rotatable bonds is 8. The quantitative estimate of drug-likeness (QED) is 0.205. The maximum Gasteiger partial charge on any atom is 0.296 e. The average molecular weight is 461 g/mol. The number of nitro benzene ring substituents is 1. The molecule has 0 saturated carbocycles. The molecule has 4 rings (SSSR count). The number of hydrogen-bond donors (Lipinski definition) is 1. The summed E-state index contributed by atoms with van der Waals surface area (Å²) in [5, 5.41) is 14.2. The minimum atomic E-state index is -0.572. The van der Waals surface area contributed by atoms with Crippen molar-refractivity contribution in [2.24, 2.45) is 0 Å². The fourth-order valence-electron chi connectivity index (χ4n) is 3.15. The molecule has 33 heavy (non-hydrogen) atoms. The van der Waals surface area contributed by atoms with Crippen molar-refractivity contribution >= 4 is 29.0 Å². The van der Waals surface area contributed by atoms with Crippen LogP contribution in [0.2, 0.25) is 0 Å². The van der Waals surface area contributed by atoms with Gasteiger partial charge in [0.15, 0.2) is 5.76 Å². The standard InChI is InChI=1S/C24H19N3O5S/c1-31-18-12-13-19(20(14-18)27(29)30)25-21(28)15-33-24-26-22(16-8-4-2-5-9-16)23(32-24)17-10-6-3-7-11-17/h2-14H,15H2,1H3,(H,25,28). The summed E-state index contributed by atoms with van der Waals surface area (Å²) in [5.74, 6) is 0.479. The number of methoxy groups -OCH3 is 1. The normalized spacial score (nSPS) is 10.6. The van der Waals surface area contributed by atoms with E-state index < -0.39 is 10.8 Å². The molecule has 0 fully saturated rings. The number of nitro groups is 1. The number of thioether (sulfide) groups is 1. The van der Waals surface area contributed by atoms with Gasteiger partial charge in [0.25, 0.3) is 10.9 Å². The van der Waals surface area contributed by atoms with Crippen molar-refractivity contribution in [3.8, 4) is 28.3 Å². The number of aromatic nitrogens is 1. The van der Waals surface area contributed by atoms with Gasteiger partial charge in [0.05, 0.1) is 23.9 Å². The lowest BCUT2D eigenvalue weighted by Gasteiger charge is -2.06. The molecule has 0 bridgehead atoms. The number of hydrogen-bond acceptors (Lipinski definition) is 7. The van der Waals surface area contributed by atoms with Crippen LogP contribution in [0.15, 0.2) is 88.5 Å². The van der Waals surface area contributed by atoms with Crippen LogP contribution in [-0.2, 0) is 4.79 Å². The van der Waals surface area contributed by atoms with Gasteiger partial charge in [0.1, 0.15) is 17.1 Å². The molecule has 1 aromatic heterocycles. The number of carbonyl (C=O) groups is 1. The van der Waals surface area contributed by atoms with Gasteiger partial charge in [-0.2, -0.15) is 0 Å². The molecule has 1 N–H and O–H groups in total. The summed E-state index contributed by atoms with van der Waals surface area (Å²) in [6, 6.07) is 23.5. The van der Waals surface area contributed by atoms with Gasteiger partial charge in [-0.1, -0.05) is 72.4 Å². The number of oxazole rings is 1. The Morgan fingerprint density at radius 1 is 1.06 bits per heavy atom. The van der Waals surface area contributed by atoms with Crippen molar-refractivity contribution in [1.82, 2.24) is 4.98 Å². The first kappa shape index (κ1) is 22.1. The van der Waals surface area contributed by atoms with E-state index in [1.54, 1.807) is 6.07 Å². The number of benzene rings is 3. The molecule has 0 unspecified atom stereocenters. The highest BCUT2D eigenvalue weighted by atomic mass is 32.2. The Morgan fingerprint density at radius 2 is 1.73 bits per heavy atom. The molecule has 0 aliphatic rings. The van der Waals surface area contributed by atoms with Gasteiger partial charge >= 0.3 is 0 Å². The summed E-state index contributed by atoms with van der Waals surface area (Å²) in [7, 11) is 1.41. The zero-order valence-electron chi connectivity index (χ0n) is 17.6. The summed E-state index contributed by atoms with van der Waals surface area (Å²) in [4.78, 5) is 27.8. The largest absolute Gasteiger partial charge is 0.496 e. The minimum Gasteiger partial charge on any atom is -0.496 e. The highest BCUT2D eigenvalue weighted by Gasteiger charge is 2.20. The van der Waals surface area contributed by atoms with Crippen LogP contribution in [-0.4, -0.2) is 28.7 Å². The van der Waals surface area contributed by atoms with E-state index in [1.807, 2.05) is 60.7 Å². The molecule has 1 heterocycles. The Labute approximate surface area is 193 Å². The SMILES string of the molecule is COc1ccc(NC(=O)CSc2nc(-c3ccccc3)c(-c3ccccc3)o2)c([N+](=O)[O-])c1. The fourth-order valence-corrected chi connectivity index (χ4v) is 3.77. The monoisotopic (exact) mass is 461 g/mol. The number of carbonyl (C=O) groups excluding carboxylic acids is 1. The Hall–Kier alpha value is -4.11. The number of nitrogens with zero attached hydrogens (tertiary/aromatic N) is 2. The Kier molecular flexibility index (Phi) is 6.70. The van der Waals surface area contributed by atoms with Crippen molar-refractivity contribution in [2.75, 3.05) is 18.2 Å².